The van der Waals surface area contributed by atoms with Gasteiger partial charge in [-0.05, 0) is 35.2 Å². The Morgan fingerprint density at radius 2 is 1.89 bits per heavy atom. The van der Waals surface area contributed by atoms with Crippen LogP contribution in [-0.4, -0.2) is 50.3 Å². The first-order chi connectivity index (χ1) is 13.4. The zero-order valence-corrected chi connectivity index (χ0v) is 16.9. The molecule has 1 aliphatic heterocycles. The lowest BCUT2D eigenvalue weighted by molar-refractivity contribution is 0.0942. The number of morpholine rings is 1. The Labute approximate surface area is 166 Å². The fraction of sp³-hybridized carbons (Fsp3) is 0.455. The van der Waals surface area contributed by atoms with Crippen LogP contribution in [0.3, 0.4) is 0 Å². The monoisotopic (exact) mass is 383 g/mol. The molecule has 0 spiro atoms. The molecule has 0 radical (unpaired) electrons. The Morgan fingerprint density at radius 3 is 2.57 bits per heavy atom. The number of carbonyl (C=O) groups is 1. The van der Waals surface area contributed by atoms with E-state index in [9.17, 15) is 4.79 Å². The smallest absolute Gasteiger partial charge is 0.270 e. The Hall–Kier alpha value is -2.60. The molecule has 0 atom stereocenters. The van der Waals surface area contributed by atoms with E-state index in [0.717, 1.165) is 24.5 Å². The van der Waals surface area contributed by atoms with Crippen molar-refractivity contribution < 1.29 is 14.3 Å². The van der Waals surface area contributed by atoms with Crippen molar-refractivity contribution in [1.82, 2.24) is 10.3 Å². The highest BCUT2D eigenvalue weighted by Gasteiger charge is 2.15. The molecule has 1 aromatic heterocycles. The van der Waals surface area contributed by atoms with Gasteiger partial charge in [-0.2, -0.15) is 0 Å². The van der Waals surface area contributed by atoms with E-state index in [0.29, 0.717) is 32.1 Å². The van der Waals surface area contributed by atoms with Crippen molar-refractivity contribution in [2.75, 3.05) is 44.4 Å². The van der Waals surface area contributed by atoms with Crippen LogP contribution in [0.5, 0.6) is 5.75 Å². The summed E-state index contributed by atoms with van der Waals surface area (Å²) in [5, 5.41) is 2.87. The van der Waals surface area contributed by atoms with Crippen LogP contribution in [0.15, 0.2) is 42.6 Å². The third kappa shape index (κ3) is 5.45. The number of amides is 1. The molecule has 150 valence electrons. The molecule has 0 saturated carbocycles. The number of hydrogen-bond acceptors (Lipinski definition) is 5. The Morgan fingerprint density at radius 1 is 1.18 bits per heavy atom. The summed E-state index contributed by atoms with van der Waals surface area (Å²) in [7, 11) is 0. The van der Waals surface area contributed by atoms with Crippen LogP contribution in [0.2, 0.25) is 0 Å². The second-order valence-electron chi connectivity index (χ2n) is 7.88. The molecular formula is C22H29N3O3. The van der Waals surface area contributed by atoms with E-state index < -0.39 is 0 Å². The number of rotatable bonds is 6. The first-order valence-corrected chi connectivity index (χ1v) is 9.74. The largest absolute Gasteiger partial charge is 0.492 e. The molecule has 1 saturated heterocycles. The van der Waals surface area contributed by atoms with Crippen molar-refractivity contribution >= 4 is 11.6 Å². The van der Waals surface area contributed by atoms with Crippen LogP contribution in [-0.2, 0) is 10.2 Å². The quantitative estimate of drug-likeness (QED) is 0.777. The van der Waals surface area contributed by atoms with E-state index >= 15 is 0 Å². The minimum atomic E-state index is -0.193. The molecule has 3 rings (SSSR count). The van der Waals surface area contributed by atoms with Gasteiger partial charge in [0.2, 0.25) is 0 Å². The minimum Gasteiger partial charge on any atom is -0.492 e. The minimum absolute atomic E-state index is 0.120. The number of nitrogens with zero attached hydrogens (tertiary/aromatic N) is 2. The average molecular weight is 383 g/mol. The second-order valence-corrected chi connectivity index (χ2v) is 7.88. The SMILES string of the molecule is CC(C)(C)c1ccc(OCCNC(=O)c2cc(N3CCOCC3)ccn2)cc1. The molecule has 6 nitrogen and oxygen atoms in total. The van der Waals surface area contributed by atoms with Crippen LogP contribution in [0.4, 0.5) is 5.69 Å². The summed E-state index contributed by atoms with van der Waals surface area (Å²) < 4.78 is 11.1. The predicted octanol–water partition coefficient (Wildman–Crippen LogP) is 3.02. The Balaban J connectivity index is 1.46. The van der Waals surface area contributed by atoms with Gasteiger partial charge in [0.15, 0.2) is 0 Å². The summed E-state index contributed by atoms with van der Waals surface area (Å²) in [4.78, 5) is 18.8. The van der Waals surface area contributed by atoms with E-state index in [-0.39, 0.29) is 11.3 Å². The molecule has 2 heterocycles. The zero-order chi connectivity index (χ0) is 20.0. The second kappa shape index (κ2) is 9.06. The number of pyridine rings is 1. The maximum atomic E-state index is 12.4. The molecule has 1 aliphatic rings. The first kappa shape index (κ1) is 20.1. The zero-order valence-electron chi connectivity index (χ0n) is 16.9. The van der Waals surface area contributed by atoms with Crippen molar-refractivity contribution in [2.45, 2.75) is 26.2 Å². The third-order valence-electron chi connectivity index (χ3n) is 4.73. The standard InChI is InChI=1S/C22H29N3O3/c1-22(2,3)17-4-6-19(7-5-17)28-13-10-24-21(26)20-16-18(8-9-23-20)25-11-14-27-15-12-25/h4-9,16H,10-15H2,1-3H3,(H,24,26). The number of anilines is 1. The van der Waals surface area contributed by atoms with Gasteiger partial charge in [0.05, 0.1) is 19.8 Å². The van der Waals surface area contributed by atoms with E-state index in [2.05, 4.69) is 48.1 Å². The van der Waals surface area contributed by atoms with Gasteiger partial charge in [-0.15, -0.1) is 0 Å². The first-order valence-electron chi connectivity index (χ1n) is 9.74. The fourth-order valence-electron chi connectivity index (χ4n) is 3.04. The fourth-order valence-corrected chi connectivity index (χ4v) is 3.04. The van der Waals surface area contributed by atoms with E-state index in [4.69, 9.17) is 9.47 Å². The van der Waals surface area contributed by atoms with Gasteiger partial charge in [-0.3, -0.25) is 9.78 Å². The molecule has 0 bridgehead atoms. The van der Waals surface area contributed by atoms with Crippen LogP contribution in [0.1, 0.15) is 36.8 Å². The highest BCUT2D eigenvalue weighted by atomic mass is 16.5. The number of nitrogens with one attached hydrogen (secondary N) is 1. The summed E-state index contributed by atoms with van der Waals surface area (Å²) in [6, 6.07) is 11.8. The van der Waals surface area contributed by atoms with Gasteiger partial charge in [-0.1, -0.05) is 32.9 Å². The highest BCUT2D eigenvalue weighted by Crippen LogP contribution is 2.24. The lowest BCUT2D eigenvalue weighted by atomic mass is 9.87. The summed E-state index contributed by atoms with van der Waals surface area (Å²) in [5.74, 6) is 0.608. The van der Waals surface area contributed by atoms with Crippen LogP contribution >= 0.6 is 0 Å². The van der Waals surface area contributed by atoms with Crippen molar-refractivity contribution in [3.63, 3.8) is 0 Å². The van der Waals surface area contributed by atoms with Crippen molar-refractivity contribution in [1.29, 1.82) is 0 Å². The normalized spacial score (nSPS) is 14.6. The van der Waals surface area contributed by atoms with E-state index in [1.165, 1.54) is 5.56 Å². The molecule has 1 fully saturated rings. The molecule has 1 amide bonds. The molecular weight excluding hydrogens is 354 g/mol. The van der Waals surface area contributed by atoms with Crippen molar-refractivity contribution in [3.05, 3.63) is 53.9 Å². The lowest BCUT2D eigenvalue weighted by Crippen LogP contribution is -2.36. The Bertz CT molecular complexity index is 778. The number of benzene rings is 1. The third-order valence-corrected chi connectivity index (χ3v) is 4.73. The Kier molecular flexibility index (Phi) is 6.52. The number of aromatic nitrogens is 1. The molecule has 2 aromatic rings. The van der Waals surface area contributed by atoms with Gasteiger partial charge in [-0.25, -0.2) is 0 Å². The van der Waals surface area contributed by atoms with Crippen LogP contribution < -0.4 is 15.0 Å². The molecule has 28 heavy (non-hydrogen) atoms. The topological polar surface area (TPSA) is 63.7 Å². The van der Waals surface area contributed by atoms with Crippen molar-refractivity contribution in [3.8, 4) is 5.75 Å². The number of hydrogen-bond donors (Lipinski definition) is 1. The van der Waals surface area contributed by atoms with Gasteiger partial charge in [0.1, 0.15) is 18.1 Å². The maximum absolute atomic E-state index is 12.4. The maximum Gasteiger partial charge on any atom is 0.270 e. The summed E-state index contributed by atoms with van der Waals surface area (Å²) in [6.45, 7) is 10.4. The van der Waals surface area contributed by atoms with Crippen LogP contribution in [0.25, 0.3) is 0 Å². The molecule has 1 aromatic carbocycles. The summed E-state index contributed by atoms with van der Waals surface area (Å²) >= 11 is 0. The molecule has 1 N–H and O–H groups in total. The highest BCUT2D eigenvalue weighted by molar-refractivity contribution is 5.93. The van der Waals surface area contributed by atoms with Gasteiger partial charge < -0.3 is 19.7 Å². The van der Waals surface area contributed by atoms with Crippen LogP contribution in [0, 0.1) is 0 Å². The van der Waals surface area contributed by atoms with Crippen molar-refractivity contribution in [2.24, 2.45) is 0 Å². The van der Waals surface area contributed by atoms with E-state index in [1.54, 1.807) is 6.20 Å². The average Bonchev–Trinajstić information content (AvgIpc) is 2.71. The molecule has 0 aliphatic carbocycles. The predicted molar refractivity (Wildman–Crippen MR) is 110 cm³/mol. The molecule has 6 heteroatoms. The van der Waals surface area contributed by atoms with E-state index in [1.807, 2.05) is 24.3 Å². The van der Waals surface area contributed by atoms with Gasteiger partial charge in [0, 0.05) is 25.0 Å². The summed E-state index contributed by atoms with van der Waals surface area (Å²) in [6.07, 6.45) is 1.67. The number of carbonyl (C=O) groups excluding carboxylic acids is 1. The summed E-state index contributed by atoms with van der Waals surface area (Å²) in [5.41, 5.74) is 2.80. The van der Waals surface area contributed by atoms with Gasteiger partial charge in [0.25, 0.3) is 5.91 Å². The lowest BCUT2D eigenvalue weighted by Gasteiger charge is -2.28. The number of ether oxygens (including phenoxy) is 2. The molecule has 0 unspecified atom stereocenters. The van der Waals surface area contributed by atoms with Gasteiger partial charge >= 0.3 is 0 Å².